The molecule has 12 heteroatoms. The number of nitrogens with one attached hydrogen (secondary N) is 2. The summed E-state index contributed by atoms with van der Waals surface area (Å²) in [6.45, 7) is 1.38. The first-order valence-corrected chi connectivity index (χ1v) is 10.6. The van der Waals surface area contributed by atoms with Crippen molar-refractivity contribution in [3.8, 4) is 0 Å². The third-order valence-corrected chi connectivity index (χ3v) is 5.58. The van der Waals surface area contributed by atoms with Crippen LogP contribution in [0.1, 0.15) is 18.0 Å². The number of anilines is 1. The first-order chi connectivity index (χ1) is 15.5. The molecule has 0 radical (unpaired) electrons. The molecule has 8 nitrogen and oxygen atoms in total. The van der Waals surface area contributed by atoms with Gasteiger partial charge in [-0.05, 0) is 42.3 Å². The molecule has 0 saturated carbocycles. The molecule has 0 bridgehead atoms. The van der Waals surface area contributed by atoms with Gasteiger partial charge in [-0.1, -0.05) is 28.1 Å². The summed E-state index contributed by atoms with van der Waals surface area (Å²) in [4.78, 5) is 23.5. The van der Waals surface area contributed by atoms with Crippen molar-refractivity contribution in [2.75, 3.05) is 18.4 Å². The smallest absolute Gasteiger partial charge is 0.475 e. The van der Waals surface area contributed by atoms with E-state index in [0.29, 0.717) is 13.1 Å². The van der Waals surface area contributed by atoms with E-state index < -0.39 is 18.2 Å². The van der Waals surface area contributed by atoms with Crippen molar-refractivity contribution in [2.45, 2.75) is 24.7 Å². The van der Waals surface area contributed by atoms with Crippen LogP contribution in [-0.2, 0) is 9.59 Å². The molecule has 5 N–H and O–H groups in total. The summed E-state index contributed by atoms with van der Waals surface area (Å²) < 4.78 is 32.7. The number of carbonyl (C=O) groups is 2. The van der Waals surface area contributed by atoms with Crippen LogP contribution in [0.25, 0.3) is 10.9 Å². The van der Waals surface area contributed by atoms with Gasteiger partial charge in [0.2, 0.25) is 5.91 Å². The molecule has 2 unspecified atom stereocenters. The van der Waals surface area contributed by atoms with Crippen molar-refractivity contribution in [3.63, 3.8) is 0 Å². The third kappa shape index (κ3) is 6.45. The number of carbonyl (C=O) groups excluding carboxylic acids is 1. The largest absolute Gasteiger partial charge is 0.490 e. The molecule has 0 aliphatic carbocycles. The maximum absolute atomic E-state index is 12.7. The Balaban J connectivity index is 0.000000383. The van der Waals surface area contributed by atoms with Crippen molar-refractivity contribution < 1.29 is 27.9 Å². The van der Waals surface area contributed by atoms with Crippen LogP contribution in [0.15, 0.2) is 53.1 Å². The normalized spacial score (nSPS) is 16.8. The quantitative estimate of drug-likeness (QED) is 0.410. The molecule has 2 atom stereocenters. The van der Waals surface area contributed by atoms with Gasteiger partial charge in [0.05, 0.1) is 11.7 Å². The summed E-state index contributed by atoms with van der Waals surface area (Å²) in [5, 5.41) is 18.7. The summed E-state index contributed by atoms with van der Waals surface area (Å²) in [5.74, 6) is -2.78. The molecule has 2 aromatic carbocycles. The number of hydrogen-bond acceptors (Lipinski definition) is 5. The fourth-order valence-corrected chi connectivity index (χ4v) is 3.62. The lowest BCUT2D eigenvalue weighted by Crippen LogP contribution is -2.38. The SMILES string of the molecule is NC(C(=O)N1CCC(Nc2ccc3[nH]ncc3c2)C1)c1ccc(Br)cc1.O=C(O)C(F)(F)F. The average Bonchev–Trinajstić information content (AvgIpc) is 3.42. The fraction of sp³-hybridized carbons (Fsp3) is 0.286. The number of nitrogens with zero attached hydrogens (tertiary/aromatic N) is 2. The van der Waals surface area contributed by atoms with Crippen molar-refractivity contribution in [3.05, 3.63) is 58.7 Å². The number of halogens is 4. The number of likely N-dealkylation sites (tertiary alicyclic amines) is 1. The number of alkyl halides is 3. The van der Waals surface area contributed by atoms with Crippen LogP contribution in [0.2, 0.25) is 0 Å². The third-order valence-electron chi connectivity index (χ3n) is 5.05. The molecule has 1 aliphatic heterocycles. The molecule has 3 aromatic rings. The number of amides is 1. The molecule has 0 spiro atoms. The molecular formula is C21H21BrF3N5O3. The van der Waals surface area contributed by atoms with Gasteiger partial charge in [-0.15, -0.1) is 0 Å². The van der Waals surface area contributed by atoms with Crippen molar-refractivity contribution in [2.24, 2.45) is 5.73 Å². The van der Waals surface area contributed by atoms with Crippen LogP contribution in [-0.4, -0.2) is 57.4 Å². The maximum Gasteiger partial charge on any atom is 0.490 e. The molecule has 4 rings (SSSR count). The molecule has 176 valence electrons. The second-order valence-electron chi connectivity index (χ2n) is 7.42. The highest BCUT2D eigenvalue weighted by Gasteiger charge is 2.38. The van der Waals surface area contributed by atoms with Gasteiger partial charge in [-0.2, -0.15) is 18.3 Å². The fourth-order valence-electron chi connectivity index (χ4n) is 3.36. The monoisotopic (exact) mass is 527 g/mol. The van der Waals surface area contributed by atoms with E-state index in [1.165, 1.54) is 0 Å². The van der Waals surface area contributed by atoms with E-state index in [0.717, 1.165) is 33.0 Å². The van der Waals surface area contributed by atoms with Crippen LogP contribution in [0.4, 0.5) is 18.9 Å². The van der Waals surface area contributed by atoms with Crippen LogP contribution in [0.5, 0.6) is 0 Å². The van der Waals surface area contributed by atoms with E-state index in [1.807, 2.05) is 47.5 Å². The molecular weight excluding hydrogens is 507 g/mol. The Morgan fingerprint density at radius 3 is 2.55 bits per heavy atom. The Kier molecular flexibility index (Phi) is 7.59. The summed E-state index contributed by atoms with van der Waals surface area (Å²) >= 11 is 3.40. The first kappa shape index (κ1) is 24.5. The number of H-pyrrole nitrogens is 1. The first-order valence-electron chi connectivity index (χ1n) is 9.84. The molecule has 1 amide bonds. The summed E-state index contributed by atoms with van der Waals surface area (Å²) in [5.41, 5.74) is 9.06. The van der Waals surface area contributed by atoms with Gasteiger partial charge >= 0.3 is 12.1 Å². The lowest BCUT2D eigenvalue weighted by molar-refractivity contribution is -0.192. The minimum Gasteiger partial charge on any atom is -0.475 e. The van der Waals surface area contributed by atoms with E-state index in [-0.39, 0.29) is 11.9 Å². The summed E-state index contributed by atoms with van der Waals surface area (Å²) in [7, 11) is 0. The summed E-state index contributed by atoms with van der Waals surface area (Å²) in [6.07, 6.45) is -2.37. The van der Waals surface area contributed by atoms with Gasteiger partial charge in [0, 0.05) is 34.7 Å². The molecule has 1 fully saturated rings. The Hall–Kier alpha value is -3.12. The standard InChI is InChI=1S/C19H20BrN5O.C2HF3O2/c20-14-3-1-12(2-4-14)18(21)19(26)25-8-7-16(11-25)23-15-5-6-17-13(9-15)10-22-24-17;3-2(4,5)1(6)7/h1-6,9-10,16,18,23H,7-8,11,21H2,(H,22,24);(H,6,7). The number of rotatable bonds is 4. The second-order valence-corrected chi connectivity index (χ2v) is 8.33. The van der Waals surface area contributed by atoms with Gasteiger partial charge in [-0.3, -0.25) is 9.89 Å². The van der Waals surface area contributed by atoms with Crippen LogP contribution in [0.3, 0.4) is 0 Å². The lowest BCUT2D eigenvalue weighted by atomic mass is 10.1. The van der Waals surface area contributed by atoms with E-state index in [2.05, 4.69) is 37.5 Å². The maximum atomic E-state index is 12.7. The predicted octanol–water partition coefficient (Wildman–Crippen LogP) is 3.67. The number of carboxylic acids is 1. The lowest BCUT2D eigenvalue weighted by Gasteiger charge is -2.21. The van der Waals surface area contributed by atoms with Crippen LogP contribution >= 0.6 is 15.9 Å². The average molecular weight is 528 g/mol. The number of carboxylic acid groups (broad SMARTS) is 1. The number of fused-ring (bicyclic) bond motifs is 1. The number of hydrogen-bond donors (Lipinski definition) is 4. The minimum absolute atomic E-state index is 0.0260. The Morgan fingerprint density at radius 1 is 1.24 bits per heavy atom. The molecule has 1 saturated heterocycles. The number of aromatic amines is 1. The van der Waals surface area contributed by atoms with E-state index in [9.17, 15) is 18.0 Å². The molecule has 2 heterocycles. The van der Waals surface area contributed by atoms with Gasteiger partial charge in [0.15, 0.2) is 0 Å². The van der Waals surface area contributed by atoms with Crippen molar-refractivity contribution >= 4 is 44.4 Å². The van der Waals surface area contributed by atoms with Crippen molar-refractivity contribution in [1.29, 1.82) is 0 Å². The number of nitrogens with two attached hydrogens (primary N) is 1. The zero-order valence-electron chi connectivity index (χ0n) is 17.1. The highest BCUT2D eigenvalue weighted by Crippen LogP contribution is 2.23. The van der Waals surface area contributed by atoms with E-state index in [4.69, 9.17) is 15.6 Å². The predicted molar refractivity (Wildman–Crippen MR) is 119 cm³/mol. The van der Waals surface area contributed by atoms with Gasteiger partial charge in [-0.25, -0.2) is 4.79 Å². The summed E-state index contributed by atoms with van der Waals surface area (Å²) in [6, 6.07) is 13.3. The minimum atomic E-state index is -5.08. The molecule has 1 aliphatic rings. The Bertz CT molecular complexity index is 1120. The van der Waals surface area contributed by atoms with Gasteiger partial charge < -0.3 is 21.1 Å². The van der Waals surface area contributed by atoms with E-state index in [1.54, 1.807) is 0 Å². The van der Waals surface area contributed by atoms with Gasteiger partial charge in [0.1, 0.15) is 6.04 Å². The van der Waals surface area contributed by atoms with Crippen LogP contribution in [0, 0.1) is 0 Å². The number of aliphatic carboxylic acids is 1. The molecule has 1 aromatic heterocycles. The topological polar surface area (TPSA) is 124 Å². The highest BCUT2D eigenvalue weighted by molar-refractivity contribution is 9.10. The zero-order valence-corrected chi connectivity index (χ0v) is 18.7. The second kappa shape index (κ2) is 10.2. The van der Waals surface area contributed by atoms with Gasteiger partial charge in [0.25, 0.3) is 0 Å². The van der Waals surface area contributed by atoms with Crippen molar-refractivity contribution in [1.82, 2.24) is 15.1 Å². The molecule has 33 heavy (non-hydrogen) atoms. The zero-order chi connectivity index (χ0) is 24.2. The number of aromatic nitrogens is 2. The van der Waals surface area contributed by atoms with Crippen LogP contribution < -0.4 is 11.1 Å². The highest BCUT2D eigenvalue weighted by atomic mass is 79.9. The Morgan fingerprint density at radius 2 is 1.91 bits per heavy atom. The number of benzene rings is 2. The Labute approximate surface area is 195 Å². The van der Waals surface area contributed by atoms with E-state index >= 15 is 0 Å².